The van der Waals surface area contributed by atoms with E-state index in [1.54, 1.807) is 12.1 Å². The first kappa shape index (κ1) is 14.0. The van der Waals surface area contributed by atoms with E-state index >= 15 is 0 Å². The molecule has 104 valence electrons. The fourth-order valence-corrected chi connectivity index (χ4v) is 3.22. The third-order valence-corrected chi connectivity index (χ3v) is 4.52. The summed E-state index contributed by atoms with van der Waals surface area (Å²) < 4.78 is 0. The van der Waals surface area contributed by atoms with Gasteiger partial charge in [-0.25, -0.2) is 0 Å². The number of rotatable bonds is 5. The van der Waals surface area contributed by atoms with Crippen LogP contribution in [0.3, 0.4) is 0 Å². The third-order valence-electron chi connectivity index (χ3n) is 4.52. The van der Waals surface area contributed by atoms with Gasteiger partial charge in [0.25, 0.3) is 5.69 Å². The Morgan fingerprint density at radius 1 is 1.32 bits per heavy atom. The van der Waals surface area contributed by atoms with Crippen LogP contribution in [0.2, 0.25) is 0 Å². The van der Waals surface area contributed by atoms with E-state index in [0.717, 1.165) is 12.0 Å². The summed E-state index contributed by atoms with van der Waals surface area (Å²) in [5.74, 6) is 0. The van der Waals surface area contributed by atoms with Gasteiger partial charge in [0.15, 0.2) is 0 Å². The molecule has 0 spiro atoms. The maximum absolute atomic E-state index is 10.6. The first-order valence-electron chi connectivity index (χ1n) is 6.96. The number of likely N-dealkylation sites (N-methyl/N-ethyl adjacent to an activating group) is 1. The van der Waals surface area contributed by atoms with Gasteiger partial charge in [0.2, 0.25) is 0 Å². The highest BCUT2D eigenvalue weighted by atomic mass is 16.6. The predicted molar refractivity (Wildman–Crippen MR) is 76.2 cm³/mol. The number of hydrogen-bond acceptors (Lipinski definition) is 3. The smallest absolute Gasteiger partial charge is 0.269 e. The van der Waals surface area contributed by atoms with E-state index in [1.165, 1.54) is 25.7 Å². The number of hydrogen-bond donors (Lipinski definition) is 1. The summed E-state index contributed by atoms with van der Waals surface area (Å²) in [6.45, 7) is 2.35. The SMILES string of the molecule is CNC(Cc1ccc([N+](=O)[O-])cc1)C1(C)CCCC1. The van der Waals surface area contributed by atoms with Crippen LogP contribution >= 0.6 is 0 Å². The molecule has 0 aliphatic heterocycles. The number of benzene rings is 1. The van der Waals surface area contributed by atoms with E-state index in [0.29, 0.717) is 11.5 Å². The van der Waals surface area contributed by atoms with E-state index in [-0.39, 0.29) is 10.6 Å². The summed E-state index contributed by atoms with van der Waals surface area (Å²) in [5, 5.41) is 14.1. The van der Waals surface area contributed by atoms with Gasteiger partial charge in [-0.3, -0.25) is 10.1 Å². The van der Waals surface area contributed by atoms with Gasteiger partial charge in [-0.1, -0.05) is 31.9 Å². The fourth-order valence-electron chi connectivity index (χ4n) is 3.22. The third kappa shape index (κ3) is 3.13. The Kier molecular flexibility index (Phi) is 4.20. The van der Waals surface area contributed by atoms with Gasteiger partial charge in [0, 0.05) is 18.2 Å². The molecule has 4 nitrogen and oxygen atoms in total. The van der Waals surface area contributed by atoms with Crippen molar-refractivity contribution in [3.8, 4) is 0 Å². The van der Waals surface area contributed by atoms with Gasteiger partial charge in [0.05, 0.1) is 4.92 Å². The Labute approximate surface area is 114 Å². The van der Waals surface area contributed by atoms with Crippen LogP contribution in [-0.4, -0.2) is 18.0 Å². The summed E-state index contributed by atoms with van der Waals surface area (Å²) in [4.78, 5) is 10.3. The fraction of sp³-hybridized carbons (Fsp3) is 0.600. The summed E-state index contributed by atoms with van der Waals surface area (Å²) in [6.07, 6.45) is 6.10. The van der Waals surface area contributed by atoms with Crippen LogP contribution in [-0.2, 0) is 6.42 Å². The van der Waals surface area contributed by atoms with E-state index in [2.05, 4.69) is 12.2 Å². The van der Waals surface area contributed by atoms with E-state index in [9.17, 15) is 10.1 Å². The lowest BCUT2D eigenvalue weighted by molar-refractivity contribution is -0.384. The Morgan fingerprint density at radius 2 is 1.89 bits per heavy atom. The Bertz CT molecular complexity index is 436. The molecule has 1 N–H and O–H groups in total. The Hall–Kier alpha value is -1.42. The van der Waals surface area contributed by atoms with Crippen LogP contribution in [0.1, 0.15) is 38.2 Å². The minimum Gasteiger partial charge on any atom is -0.316 e. The van der Waals surface area contributed by atoms with Crippen molar-refractivity contribution in [2.24, 2.45) is 5.41 Å². The first-order chi connectivity index (χ1) is 9.05. The van der Waals surface area contributed by atoms with Crippen LogP contribution in [0.15, 0.2) is 24.3 Å². The lowest BCUT2D eigenvalue weighted by Crippen LogP contribution is -2.41. The monoisotopic (exact) mass is 262 g/mol. The second kappa shape index (κ2) is 5.70. The van der Waals surface area contributed by atoms with E-state index < -0.39 is 0 Å². The van der Waals surface area contributed by atoms with E-state index in [1.807, 2.05) is 19.2 Å². The van der Waals surface area contributed by atoms with Crippen molar-refractivity contribution < 1.29 is 4.92 Å². The average molecular weight is 262 g/mol. The van der Waals surface area contributed by atoms with Gasteiger partial charge < -0.3 is 5.32 Å². The normalized spacial score (nSPS) is 19.3. The minimum atomic E-state index is -0.350. The molecule has 0 heterocycles. The zero-order valence-electron chi connectivity index (χ0n) is 11.7. The van der Waals surface area contributed by atoms with Crippen molar-refractivity contribution in [1.29, 1.82) is 0 Å². The van der Waals surface area contributed by atoms with Crippen LogP contribution in [0.25, 0.3) is 0 Å². The lowest BCUT2D eigenvalue weighted by atomic mass is 9.78. The molecule has 2 rings (SSSR count). The molecule has 1 aromatic rings. The number of nitro groups is 1. The summed E-state index contributed by atoms with van der Waals surface area (Å²) in [6, 6.07) is 7.39. The summed E-state index contributed by atoms with van der Waals surface area (Å²) >= 11 is 0. The molecular weight excluding hydrogens is 240 g/mol. The molecule has 4 heteroatoms. The number of nitro benzene ring substituents is 1. The molecule has 0 saturated heterocycles. The second-order valence-corrected chi connectivity index (χ2v) is 5.83. The zero-order valence-corrected chi connectivity index (χ0v) is 11.7. The first-order valence-corrected chi connectivity index (χ1v) is 6.96. The quantitative estimate of drug-likeness (QED) is 0.654. The topological polar surface area (TPSA) is 55.2 Å². The highest BCUT2D eigenvalue weighted by Crippen LogP contribution is 2.41. The largest absolute Gasteiger partial charge is 0.316 e. The van der Waals surface area contributed by atoms with Crippen molar-refractivity contribution in [2.45, 2.75) is 45.1 Å². The van der Waals surface area contributed by atoms with Crippen molar-refractivity contribution in [3.63, 3.8) is 0 Å². The Balaban J connectivity index is 2.07. The standard InChI is InChI=1S/C15H22N2O2/c1-15(9-3-4-10-15)14(16-2)11-12-5-7-13(8-6-12)17(18)19/h5-8,14,16H,3-4,9-11H2,1-2H3. The second-order valence-electron chi connectivity index (χ2n) is 5.83. The van der Waals surface area contributed by atoms with Crippen molar-refractivity contribution >= 4 is 5.69 Å². The van der Waals surface area contributed by atoms with Gasteiger partial charge in [-0.15, -0.1) is 0 Å². The molecule has 0 amide bonds. The number of non-ortho nitro benzene ring substituents is 1. The molecule has 1 aliphatic carbocycles. The van der Waals surface area contributed by atoms with Crippen molar-refractivity contribution in [2.75, 3.05) is 7.05 Å². The molecule has 1 saturated carbocycles. The average Bonchev–Trinajstić information content (AvgIpc) is 2.84. The van der Waals surface area contributed by atoms with E-state index in [4.69, 9.17) is 0 Å². The Morgan fingerprint density at radius 3 is 2.37 bits per heavy atom. The zero-order chi connectivity index (χ0) is 13.9. The van der Waals surface area contributed by atoms with Crippen LogP contribution in [0, 0.1) is 15.5 Å². The van der Waals surface area contributed by atoms with Crippen LogP contribution < -0.4 is 5.32 Å². The van der Waals surface area contributed by atoms with Crippen LogP contribution in [0.4, 0.5) is 5.69 Å². The molecule has 1 unspecified atom stereocenters. The van der Waals surface area contributed by atoms with Gasteiger partial charge in [-0.05, 0) is 37.3 Å². The maximum atomic E-state index is 10.6. The molecular formula is C15H22N2O2. The lowest BCUT2D eigenvalue weighted by Gasteiger charge is -2.34. The minimum absolute atomic E-state index is 0.164. The van der Waals surface area contributed by atoms with Gasteiger partial charge in [0.1, 0.15) is 0 Å². The van der Waals surface area contributed by atoms with Gasteiger partial charge in [-0.2, -0.15) is 0 Å². The molecule has 0 radical (unpaired) electrons. The molecule has 19 heavy (non-hydrogen) atoms. The summed E-state index contributed by atoms with van der Waals surface area (Å²) in [7, 11) is 2.01. The highest BCUT2D eigenvalue weighted by molar-refractivity contribution is 5.33. The predicted octanol–water partition coefficient (Wildman–Crippen LogP) is 3.31. The van der Waals surface area contributed by atoms with Crippen LogP contribution in [0.5, 0.6) is 0 Å². The molecule has 1 aliphatic rings. The summed E-state index contributed by atoms with van der Waals surface area (Å²) in [5.41, 5.74) is 1.69. The number of nitrogens with one attached hydrogen (secondary N) is 1. The maximum Gasteiger partial charge on any atom is 0.269 e. The molecule has 1 atom stereocenters. The van der Waals surface area contributed by atoms with Crippen molar-refractivity contribution in [1.82, 2.24) is 5.32 Å². The molecule has 1 fully saturated rings. The molecule has 1 aromatic carbocycles. The molecule has 0 aromatic heterocycles. The molecule has 0 bridgehead atoms. The number of nitrogens with zero attached hydrogens (tertiary/aromatic N) is 1. The van der Waals surface area contributed by atoms with Crippen molar-refractivity contribution in [3.05, 3.63) is 39.9 Å². The van der Waals surface area contributed by atoms with Gasteiger partial charge >= 0.3 is 0 Å². The highest BCUT2D eigenvalue weighted by Gasteiger charge is 2.35.